The number of carbonyl (C=O) groups excluding carboxylic acids is 1. The highest BCUT2D eigenvalue weighted by Gasteiger charge is 2.53. The van der Waals surface area contributed by atoms with Gasteiger partial charge in [0.25, 0.3) is 0 Å². The summed E-state index contributed by atoms with van der Waals surface area (Å²) in [6.07, 6.45) is 6.23. The van der Waals surface area contributed by atoms with Crippen LogP contribution >= 0.6 is 0 Å². The molecule has 1 saturated carbocycles. The van der Waals surface area contributed by atoms with Crippen molar-refractivity contribution in [2.45, 2.75) is 58.3 Å². The Bertz CT molecular complexity index is 609. The maximum atomic E-state index is 12.7. The molecule has 1 aromatic rings. The molecule has 0 radical (unpaired) electrons. The van der Waals surface area contributed by atoms with E-state index in [0.717, 1.165) is 37.9 Å². The maximum Gasteiger partial charge on any atom is 0.312 e. The van der Waals surface area contributed by atoms with E-state index < -0.39 is 0 Å². The average molecular weight is 330 g/mol. The van der Waals surface area contributed by atoms with E-state index in [2.05, 4.69) is 32.0 Å². The predicted octanol–water partition coefficient (Wildman–Crippen LogP) is 4.73. The Kier molecular flexibility index (Phi) is 4.89. The number of ether oxygens (including phenoxy) is 2. The fraction of sp³-hybridized carbons (Fsp3) is 0.667. The summed E-state index contributed by atoms with van der Waals surface area (Å²) in [7, 11) is 3.27. The van der Waals surface area contributed by atoms with Crippen LogP contribution in [0.5, 0.6) is 5.75 Å². The van der Waals surface area contributed by atoms with Crippen LogP contribution in [0.4, 0.5) is 0 Å². The minimum Gasteiger partial charge on any atom is -0.497 e. The highest BCUT2D eigenvalue weighted by molar-refractivity contribution is 5.77. The van der Waals surface area contributed by atoms with Gasteiger partial charge >= 0.3 is 5.97 Å². The maximum absolute atomic E-state index is 12.7. The first-order valence-electron chi connectivity index (χ1n) is 9.36. The van der Waals surface area contributed by atoms with Gasteiger partial charge in [0.15, 0.2) is 0 Å². The largest absolute Gasteiger partial charge is 0.497 e. The van der Waals surface area contributed by atoms with Crippen molar-refractivity contribution in [1.29, 1.82) is 0 Å². The first-order chi connectivity index (χ1) is 11.6. The zero-order chi connectivity index (χ0) is 17.3. The fourth-order valence-electron chi connectivity index (χ4n) is 5.63. The van der Waals surface area contributed by atoms with Crippen LogP contribution in [0.15, 0.2) is 18.2 Å². The Morgan fingerprint density at radius 3 is 2.67 bits per heavy atom. The molecule has 4 atom stereocenters. The van der Waals surface area contributed by atoms with Crippen molar-refractivity contribution in [3.8, 4) is 5.75 Å². The number of benzene rings is 1. The molecule has 3 nitrogen and oxygen atoms in total. The molecule has 0 amide bonds. The molecule has 24 heavy (non-hydrogen) atoms. The number of rotatable bonds is 4. The summed E-state index contributed by atoms with van der Waals surface area (Å²) in [6, 6.07) is 6.55. The Morgan fingerprint density at radius 1 is 1.25 bits per heavy atom. The Morgan fingerprint density at radius 2 is 2.04 bits per heavy atom. The number of aryl methyl sites for hydroxylation is 1. The van der Waals surface area contributed by atoms with E-state index in [1.54, 1.807) is 14.2 Å². The van der Waals surface area contributed by atoms with Crippen LogP contribution in [0.2, 0.25) is 0 Å². The van der Waals surface area contributed by atoms with Gasteiger partial charge in [-0.3, -0.25) is 4.79 Å². The van der Waals surface area contributed by atoms with Gasteiger partial charge in [-0.2, -0.15) is 0 Å². The van der Waals surface area contributed by atoms with Crippen molar-refractivity contribution < 1.29 is 14.3 Å². The first kappa shape index (κ1) is 17.3. The topological polar surface area (TPSA) is 35.5 Å². The number of hydrogen-bond donors (Lipinski definition) is 0. The standard InChI is InChI=1S/C21H30O3/c1-5-19-18-9-7-14-13-15(23-3)8-10-16(14)17(18)11-12-21(19,6-2)20(22)24-4/h8,10,13,17-19H,5-7,9,11-12H2,1-4H3/t17-,18-,19?,21?/m1/s1. The number of carbonyl (C=O) groups is 1. The summed E-state index contributed by atoms with van der Waals surface area (Å²) in [6.45, 7) is 4.39. The molecule has 0 N–H and O–H groups in total. The van der Waals surface area contributed by atoms with Crippen LogP contribution in [0, 0.1) is 17.3 Å². The van der Waals surface area contributed by atoms with Crippen molar-refractivity contribution >= 4 is 5.97 Å². The third-order valence-electron chi connectivity index (χ3n) is 6.80. The Balaban J connectivity index is 1.96. The molecule has 0 bridgehead atoms. The van der Waals surface area contributed by atoms with E-state index in [9.17, 15) is 4.79 Å². The minimum absolute atomic E-state index is 0.0100. The van der Waals surface area contributed by atoms with Gasteiger partial charge in [0.1, 0.15) is 5.75 Å². The van der Waals surface area contributed by atoms with Gasteiger partial charge in [0, 0.05) is 0 Å². The van der Waals surface area contributed by atoms with Gasteiger partial charge in [-0.1, -0.05) is 26.3 Å². The summed E-state index contributed by atoms with van der Waals surface area (Å²) in [5, 5.41) is 0. The summed E-state index contributed by atoms with van der Waals surface area (Å²) < 4.78 is 10.6. The molecular formula is C21H30O3. The van der Waals surface area contributed by atoms with E-state index in [0.29, 0.717) is 17.8 Å². The number of hydrogen-bond acceptors (Lipinski definition) is 3. The lowest BCUT2D eigenvalue weighted by molar-refractivity contribution is -0.163. The molecule has 0 heterocycles. The van der Waals surface area contributed by atoms with Crippen LogP contribution in [0.3, 0.4) is 0 Å². The van der Waals surface area contributed by atoms with Crippen LogP contribution in [0.1, 0.15) is 63.0 Å². The molecule has 132 valence electrons. The normalized spacial score (nSPS) is 31.8. The smallest absolute Gasteiger partial charge is 0.312 e. The fourth-order valence-corrected chi connectivity index (χ4v) is 5.63. The van der Waals surface area contributed by atoms with Crippen molar-refractivity contribution in [2.24, 2.45) is 17.3 Å². The molecular weight excluding hydrogens is 300 g/mol. The molecule has 1 aromatic carbocycles. The molecule has 0 aliphatic heterocycles. The first-order valence-corrected chi connectivity index (χ1v) is 9.36. The van der Waals surface area contributed by atoms with Crippen LogP contribution in [0.25, 0.3) is 0 Å². The minimum atomic E-state index is -0.283. The third-order valence-corrected chi connectivity index (χ3v) is 6.80. The molecule has 1 fully saturated rings. The number of esters is 1. The zero-order valence-electron chi connectivity index (χ0n) is 15.4. The summed E-state index contributed by atoms with van der Waals surface area (Å²) in [5.74, 6) is 2.55. The van der Waals surface area contributed by atoms with Crippen molar-refractivity contribution in [3.05, 3.63) is 29.3 Å². The molecule has 0 aromatic heterocycles. The van der Waals surface area contributed by atoms with Crippen LogP contribution in [-0.2, 0) is 16.0 Å². The van der Waals surface area contributed by atoms with Crippen molar-refractivity contribution in [3.63, 3.8) is 0 Å². The SMILES string of the molecule is CCC1[C@@H]2CCc3cc(OC)ccc3[C@H]2CCC1(CC)C(=O)OC. The highest BCUT2D eigenvalue weighted by Crippen LogP contribution is 2.57. The lowest BCUT2D eigenvalue weighted by atomic mass is 9.52. The molecule has 2 aliphatic rings. The molecule has 3 heteroatoms. The van der Waals surface area contributed by atoms with Gasteiger partial charge in [0.2, 0.25) is 0 Å². The molecule has 2 aliphatic carbocycles. The van der Waals surface area contributed by atoms with Gasteiger partial charge < -0.3 is 9.47 Å². The zero-order valence-corrected chi connectivity index (χ0v) is 15.4. The predicted molar refractivity (Wildman–Crippen MR) is 95.3 cm³/mol. The van der Waals surface area contributed by atoms with E-state index in [-0.39, 0.29) is 11.4 Å². The summed E-state index contributed by atoms with van der Waals surface area (Å²) in [4.78, 5) is 12.7. The molecule has 0 spiro atoms. The highest BCUT2D eigenvalue weighted by atomic mass is 16.5. The number of methoxy groups -OCH3 is 2. The second-order valence-corrected chi connectivity index (χ2v) is 7.43. The summed E-state index contributed by atoms with van der Waals surface area (Å²) >= 11 is 0. The van der Waals surface area contributed by atoms with Crippen LogP contribution < -0.4 is 4.74 Å². The summed E-state index contributed by atoms with van der Waals surface area (Å²) in [5.41, 5.74) is 2.64. The molecule has 2 unspecified atom stereocenters. The second kappa shape index (κ2) is 6.78. The van der Waals surface area contributed by atoms with E-state index in [1.807, 2.05) is 0 Å². The second-order valence-electron chi connectivity index (χ2n) is 7.43. The Labute approximate surface area is 145 Å². The van der Waals surface area contributed by atoms with E-state index in [1.165, 1.54) is 17.5 Å². The van der Waals surface area contributed by atoms with Crippen molar-refractivity contribution in [1.82, 2.24) is 0 Å². The van der Waals surface area contributed by atoms with Gasteiger partial charge in [0.05, 0.1) is 19.6 Å². The van der Waals surface area contributed by atoms with Gasteiger partial charge in [-0.05, 0) is 73.1 Å². The van der Waals surface area contributed by atoms with E-state index in [4.69, 9.17) is 9.47 Å². The number of fused-ring (bicyclic) bond motifs is 3. The van der Waals surface area contributed by atoms with Crippen molar-refractivity contribution in [2.75, 3.05) is 14.2 Å². The Hall–Kier alpha value is -1.51. The quantitative estimate of drug-likeness (QED) is 0.749. The average Bonchev–Trinajstić information content (AvgIpc) is 2.65. The van der Waals surface area contributed by atoms with Gasteiger partial charge in [-0.15, -0.1) is 0 Å². The monoisotopic (exact) mass is 330 g/mol. The third kappa shape index (κ3) is 2.53. The van der Waals surface area contributed by atoms with Crippen LogP contribution in [-0.4, -0.2) is 20.2 Å². The lowest BCUT2D eigenvalue weighted by Gasteiger charge is -2.51. The van der Waals surface area contributed by atoms with E-state index >= 15 is 0 Å². The van der Waals surface area contributed by atoms with Gasteiger partial charge in [-0.25, -0.2) is 0 Å². The molecule has 3 rings (SSSR count). The lowest BCUT2D eigenvalue weighted by Crippen LogP contribution is -2.48. The molecule has 0 saturated heterocycles.